The topological polar surface area (TPSA) is 95.9 Å². The first-order valence-corrected chi connectivity index (χ1v) is 28.6. The van der Waals surface area contributed by atoms with Gasteiger partial charge in [-0.3, -0.25) is 9.59 Å². The first-order chi connectivity index (χ1) is 31.5. The van der Waals surface area contributed by atoms with E-state index in [4.69, 9.17) is 4.74 Å². The van der Waals surface area contributed by atoms with Gasteiger partial charge in [0.1, 0.15) is 0 Å². The van der Waals surface area contributed by atoms with Crippen molar-refractivity contribution in [3.8, 4) is 0 Å². The second-order valence-corrected chi connectivity index (χ2v) is 19.7. The molecule has 0 bridgehead atoms. The number of aliphatic hydroxyl groups is 2. The SMILES string of the molecule is CCCCCCCCCCCCCCCCCCC(=O)OCCCCC/C=C\C=C/CCCCCCCCCCCCC(=O)NC(CO)C(O)CCCCCCCCCCCCCC. The average molecular weight is 903 g/mol. The van der Waals surface area contributed by atoms with E-state index in [-0.39, 0.29) is 18.5 Å². The Hall–Kier alpha value is -1.66. The van der Waals surface area contributed by atoms with Crippen molar-refractivity contribution in [1.82, 2.24) is 5.32 Å². The van der Waals surface area contributed by atoms with E-state index in [0.29, 0.717) is 25.9 Å². The summed E-state index contributed by atoms with van der Waals surface area (Å²) in [6.07, 6.45) is 64.6. The summed E-state index contributed by atoms with van der Waals surface area (Å²) < 4.78 is 5.46. The van der Waals surface area contributed by atoms with E-state index >= 15 is 0 Å². The van der Waals surface area contributed by atoms with Gasteiger partial charge in [0.15, 0.2) is 0 Å². The molecule has 0 saturated carbocycles. The highest BCUT2D eigenvalue weighted by molar-refractivity contribution is 5.76. The third kappa shape index (κ3) is 49.8. The Balaban J connectivity index is 3.45. The predicted molar refractivity (Wildman–Crippen MR) is 278 cm³/mol. The number of ether oxygens (including phenoxy) is 1. The highest BCUT2D eigenvalue weighted by atomic mass is 16.5. The summed E-state index contributed by atoms with van der Waals surface area (Å²) in [7, 11) is 0. The van der Waals surface area contributed by atoms with Crippen LogP contribution in [-0.2, 0) is 14.3 Å². The maximum atomic E-state index is 12.4. The molecule has 2 atom stereocenters. The minimum atomic E-state index is -0.669. The lowest BCUT2D eigenvalue weighted by Crippen LogP contribution is -2.45. The third-order valence-electron chi connectivity index (χ3n) is 13.3. The molecule has 3 N–H and O–H groups in total. The largest absolute Gasteiger partial charge is 0.466 e. The summed E-state index contributed by atoms with van der Waals surface area (Å²) in [6, 6.07) is -0.548. The Morgan fingerprint density at radius 3 is 1.16 bits per heavy atom. The van der Waals surface area contributed by atoms with Gasteiger partial charge in [-0.1, -0.05) is 263 Å². The third-order valence-corrected chi connectivity index (χ3v) is 13.3. The number of aliphatic hydroxyl groups excluding tert-OH is 2. The van der Waals surface area contributed by atoms with Crippen molar-refractivity contribution in [2.45, 2.75) is 321 Å². The van der Waals surface area contributed by atoms with Crippen molar-refractivity contribution in [3.05, 3.63) is 24.3 Å². The van der Waals surface area contributed by atoms with Crippen LogP contribution in [0.5, 0.6) is 0 Å². The second-order valence-electron chi connectivity index (χ2n) is 19.7. The minimum Gasteiger partial charge on any atom is -0.466 e. The summed E-state index contributed by atoms with van der Waals surface area (Å²) in [5, 5.41) is 23.2. The summed E-state index contributed by atoms with van der Waals surface area (Å²) >= 11 is 0. The van der Waals surface area contributed by atoms with Gasteiger partial charge in [0.2, 0.25) is 5.91 Å². The van der Waals surface area contributed by atoms with Gasteiger partial charge < -0.3 is 20.3 Å². The van der Waals surface area contributed by atoms with Gasteiger partial charge in [0, 0.05) is 12.8 Å². The zero-order valence-electron chi connectivity index (χ0n) is 43.0. The molecule has 1 amide bonds. The summed E-state index contributed by atoms with van der Waals surface area (Å²) in [4.78, 5) is 24.5. The van der Waals surface area contributed by atoms with Crippen LogP contribution in [0.25, 0.3) is 0 Å². The van der Waals surface area contributed by atoms with E-state index in [1.165, 1.54) is 205 Å². The number of hydrogen-bond donors (Lipinski definition) is 3. The fourth-order valence-corrected chi connectivity index (χ4v) is 8.87. The zero-order chi connectivity index (χ0) is 46.5. The van der Waals surface area contributed by atoms with Crippen LogP contribution < -0.4 is 5.32 Å². The lowest BCUT2D eigenvalue weighted by Gasteiger charge is -2.22. The number of esters is 1. The van der Waals surface area contributed by atoms with Crippen LogP contribution in [0.3, 0.4) is 0 Å². The maximum Gasteiger partial charge on any atom is 0.305 e. The molecular weight excluding hydrogens is 791 g/mol. The number of carbonyl (C=O) groups is 2. The van der Waals surface area contributed by atoms with E-state index in [1.807, 2.05) is 0 Å². The van der Waals surface area contributed by atoms with Gasteiger partial charge in [-0.05, 0) is 57.8 Å². The molecule has 2 unspecified atom stereocenters. The molecule has 0 aliphatic rings. The zero-order valence-corrected chi connectivity index (χ0v) is 43.0. The van der Waals surface area contributed by atoms with Crippen molar-refractivity contribution in [2.75, 3.05) is 13.2 Å². The van der Waals surface area contributed by atoms with E-state index in [1.54, 1.807) is 0 Å². The molecule has 0 heterocycles. The number of hydrogen-bond acceptors (Lipinski definition) is 5. The molecule has 378 valence electrons. The van der Waals surface area contributed by atoms with Crippen LogP contribution in [-0.4, -0.2) is 47.4 Å². The van der Waals surface area contributed by atoms with Crippen LogP contribution in [0.4, 0.5) is 0 Å². The second kappa shape index (κ2) is 54.0. The van der Waals surface area contributed by atoms with E-state index in [2.05, 4.69) is 43.5 Å². The molecule has 0 fully saturated rings. The molecule has 0 aromatic rings. The smallest absolute Gasteiger partial charge is 0.305 e. The quantitative estimate of drug-likeness (QED) is 0.0321. The normalized spacial score (nSPS) is 12.8. The Morgan fingerprint density at radius 1 is 0.438 bits per heavy atom. The standard InChI is InChI=1S/C58H111NO5/c1-3-5-7-9-11-13-15-17-18-25-28-32-36-40-44-48-52-58(63)64-53-49-45-41-37-33-29-26-23-21-19-20-22-24-27-31-35-39-43-47-51-57(62)59-55(54-60)56(61)50-46-42-38-34-30-16-14-12-10-8-6-4-2/h23,26,29,33,55-56,60-61H,3-22,24-25,27-28,30-32,34-54H2,1-2H3,(H,59,62)/b26-23-,33-29-. The van der Waals surface area contributed by atoms with Gasteiger partial charge in [0.25, 0.3) is 0 Å². The van der Waals surface area contributed by atoms with Gasteiger partial charge in [-0.2, -0.15) is 0 Å². The number of amides is 1. The number of carbonyl (C=O) groups excluding carboxylic acids is 2. The Bertz CT molecular complexity index is 997. The molecule has 6 nitrogen and oxygen atoms in total. The molecule has 6 heteroatoms. The first kappa shape index (κ1) is 62.3. The first-order valence-electron chi connectivity index (χ1n) is 28.6. The molecular formula is C58H111NO5. The average Bonchev–Trinajstić information content (AvgIpc) is 3.29. The molecule has 0 radical (unpaired) electrons. The fourth-order valence-electron chi connectivity index (χ4n) is 8.87. The fraction of sp³-hybridized carbons (Fsp3) is 0.897. The lowest BCUT2D eigenvalue weighted by atomic mass is 10.0. The summed E-state index contributed by atoms with van der Waals surface area (Å²) in [5.41, 5.74) is 0. The van der Waals surface area contributed by atoms with Gasteiger partial charge in [-0.25, -0.2) is 0 Å². The van der Waals surface area contributed by atoms with Crippen molar-refractivity contribution in [3.63, 3.8) is 0 Å². The van der Waals surface area contributed by atoms with Crippen molar-refractivity contribution >= 4 is 11.9 Å². The van der Waals surface area contributed by atoms with E-state index in [0.717, 1.165) is 70.6 Å². The molecule has 0 saturated heterocycles. The minimum absolute atomic E-state index is 0.00982. The van der Waals surface area contributed by atoms with E-state index < -0.39 is 12.1 Å². The van der Waals surface area contributed by atoms with Crippen molar-refractivity contribution < 1.29 is 24.5 Å². The van der Waals surface area contributed by atoms with Gasteiger partial charge in [-0.15, -0.1) is 0 Å². The molecule has 0 rings (SSSR count). The number of allylic oxidation sites excluding steroid dienone is 4. The monoisotopic (exact) mass is 902 g/mol. The van der Waals surface area contributed by atoms with Crippen molar-refractivity contribution in [1.29, 1.82) is 0 Å². The molecule has 0 spiro atoms. The Kier molecular flexibility index (Phi) is 52.6. The maximum absolute atomic E-state index is 12.4. The van der Waals surface area contributed by atoms with Crippen molar-refractivity contribution in [2.24, 2.45) is 0 Å². The number of unbranched alkanes of at least 4 members (excludes halogenated alkanes) is 39. The van der Waals surface area contributed by atoms with Gasteiger partial charge in [0.05, 0.1) is 25.4 Å². The molecule has 0 aliphatic heterocycles. The molecule has 0 aromatic carbocycles. The van der Waals surface area contributed by atoms with Crippen LogP contribution in [0.2, 0.25) is 0 Å². The molecule has 0 aliphatic carbocycles. The molecule has 0 aromatic heterocycles. The Labute approximate surface area is 399 Å². The van der Waals surface area contributed by atoms with Crippen LogP contribution in [0, 0.1) is 0 Å². The van der Waals surface area contributed by atoms with Crippen LogP contribution in [0.15, 0.2) is 24.3 Å². The van der Waals surface area contributed by atoms with E-state index in [9.17, 15) is 19.8 Å². The summed E-state index contributed by atoms with van der Waals surface area (Å²) in [5.74, 6) is -0.0546. The van der Waals surface area contributed by atoms with Crippen LogP contribution >= 0.6 is 0 Å². The Morgan fingerprint density at radius 2 is 0.766 bits per heavy atom. The lowest BCUT2D eigenvalue weighted by molar-refractivity contribution is -0.143. The number of rotatable bonds is 53. The molecule has 64 heavy (non-hydrogen) atoms. The highest BCUT2D eigenvalue weighted by Gasteiger charge is 2.20. The highest BCUT2D eigenvalue weighted by Crippen LogP contribution is 2.17. The van der Waals surface area contributed by atoms with Gasteiger partial charge >= 0.3 is 5.97 Å². The van der Waals surface area contributed by atoms with Crippen LogP contribution in [0.1, 0.15) is 309 Å². The summed E-state index contributed by atoms with van der Waals surface area (Å²) in [6.45, 7) is 4.92. The number of nitrogens with one attached hydrogen (secondary N) is 1. The predicted octanol–water partition coefficient (Wildman–Crippen LogP) is 17.5.